The van der Waals surface area contributed by atoms with Crippen LogP contribution in [-0.4, -0.2) is 16.6 Å². The van der Waals surface area contributed by atoms with E-state index in [2.05, 4.69) is 26.1 Å². The Kier molecular flexibility index (Phi) is 3.76. The fourth-order valence-electron chi connectivity index (χ4n) is 3.07. The number of fused-ring (bicyclic) bond motifs is 1. The molecule has 4 heteroatoms. The molecule has 2 aromatic rings. The third kappa shape index (κ3) is 2.97. The molecule has 21 heavy (non-hydrogen) atoms. The number of nitrogens with one attached hydrogen (secondary N) is 1. The molecule has 0 bridgehead atoms. The lowest BCUT2D eigenvalue weighted by Crippen LogP contribution is -2.32. The summed E-state index contributed by atoms with van der Waals surface area (Å²) in [6.07, 6.45) is 2.20. The van der Waals surface area contributed by atoms with E-state index in [1.807, 2.05) is 12.1 Å². The zero-order valence-electron chi connectivity index (χ0n) is 12.8. The maximum Gasteiger partial charge on any atom is 0.123 e. The monoisotopic (exact) mass is 302 g/mol. The molecule has 112 valence electrons. The highest BCUT2D eigenvalue weighted by Crippen LogP contribution is 2.44. The predicted molar refractivity (Wildman–Crippen MR) is 87.7 cm³/mol. The van der Waals surface area contributed by atoms with Crippen LogP contribution in [0.2, 0.25) is 0 Å². The van der Waals surface area contributed by atoms with Crippen LogP contribution in [0.3, 0.4) is 0 Å². The lowest BCUT2D eigenvalue weighted by molar-refractivity contribution is 0.260. The van der Waals surface area contributed by atoms with E-state index in [0.29, 0.717) is 17.2 Å². The summed E-state index contributed by atoms with van der Waals surface area (Å²) in [7, 11) is 0. The van der Waals surface area contributed by atoms with E-state index >= 15 is 0 Å². The van der Waals surface area contributed by atoms with E-state index in [4.69, 9.17) is 4.98 Å². The summed E-state index contributed by atoms with van der Waals surface area (Å²) in [4.78, 5) is 6.26. The molecule has 3 nitrogen and oxygen atoms in total. The Morgan fingerprint density at radius 3 is 2.71 bits per heavy atom. The van der Waals surface area contributed by atoms with Gasteiger partial charge in [-0.25, -0.2) is 4.98 Å². The number of aromatic nitrogens is 1. The summed E-state index contributed by atoms with van der Waals surface area (Å²) >= 11 is 1.79. The van der Waals surface area contributed by atoms with Crippen molar-refractivity contribution < 1.29 is 5.11 Å². The zero-order valence-corrected chi connectivity index (χ0v) is 13.6. The highest BCUT2D eigenvalue weighted by atomic mass is 32.1. The first-order valence-electron chi connectivity index (χ1n) is 7.51. The van der Waals surface area contributed by atoms with E-state index in [9.17, 15) is 5.11 Å². The lowest BCUT2D eigenvalue weighted by Gasteiger charge is -2.34. The summed E-state index contributed by atoms with van der Waals surface area (Å²) in [5.41, 5.74) is 2.62. The van der Waals surface area contributed by atoms with Crippen molar-refractivity contribution in [2.45, 2.75) is 39.7 Å². The molecule has 0 fully saturated rings. The Balaban J connectivity index is 1.99. The molecule has 1 aromatic heterocycles. The Bertz CT molecular complexity index is 631. The van der Waals surface area contributed by atoms with Crippen molar-refractivity contribution in [1.82, 2.24) is 10.3 Å². The van der Waals surface area contributed by atoms with Gasteiger partial charge in [0.25, 0.3) is 0 Å². The second kappa shape index (κ2) is 5.43. The van der Waals surface area contributed by atoms with Gasteiger partial charge >= 0.3 is 0 Å². The molecule has 1 aromatic carbocycles. The summed E-state index contributed by atoms with van der Waals surface area (Å²) in [5, 5.41) is 14.1. The molecular weight excluding hydrogens is 280 g/mol. The Labute approximate surface area is 130 Å². The van der Waals surface area contributed by atoms with Gasteiger partial charge in [0.05, 0.1) is 5.69 Å². The van der Waals surface area contributed by atoms with Crippen molar-refractivity contribution in [2.75, 3.05) is 6.54 Å². The largest absolute Gasteiger partial charge is 0.508 e. The van der Waals surface area contributed by atoms with Crippen LogP contribution in [0, 0.1) is 5.41 Å². The first-order valence-corrected chi connectivity index (χ1v) is 8.32. The number of hydrogen-bond donors (Lipinski definition) is 2. The smallest absolute Gasteiger partial charge is 0.123 e. The molecule has 1 aliphatic carbocycles. The van der Waals surface area contributed by atoms with Crippen LogP contribution in [0.25, 0.3) is 10.6 Å². The van der Waals surface area contributed by atoms with Gasteiger partial charge in [-0.2, -0.15) is 0 Å². The van der Waals surface area contributed by atoms with Crippen molar-refractivity contribution in [1.29, 1.82) is 0 Å². The van der Waals surface area contributed by atoms with E-state index in [1.54, 1.807) is 23.5 Å². The maximum atomic E-state index is 9.42. The second-order valence-electron chi connectivity index (χ2n) is 6.53. The minimum absolute atomic E-state index is 0.292. The van der Waals surface area contributed by atoms with Gasteiger partial charge in [0.2, 0.25) is 0 Å². The molecular formula is C17H22N2OS. The Hall–Kier alpha value is -1.39. The minimum atomic E-state index is 0.292. The van der Waals surface area contributed by atoms with E-state index in [-0.39, 0.29) is 0 Å². The average Bonchev–Trinajstić information content (AvgIpc) is 2.82. The Morgan fingerprint density at radius 1 is 1.33 bits per heavy atom. The third-order valence-electron chi connectivity index (χ3n) is 4.01. The second-order valence-corrected chi connectivity index (χ2v) is 7.56. The third-order valence-corrected chi connectivity index (χ3v) is 5.27. The van der Waals surface area contributed by atoms with Crippen molar-refractivity contribution in [3.05, 3.63) is 34.8 Å². The summed E-state index contributed by atoms with van der Waals surface area (Å²) in [6, 6.07) is 7.74. The first-order chi connectivity index (χ1) is 9.98. The maximum absolute atomic E-state index is 9.42. The van der Waals surface area contributed by atoms with E-state index in [0.717, 1.165) is 30.0 Å². The molecule has 0 aliphatic heterocycles. The van der Waals surface area contributed by atoms with Crippen LogP contribution in [0.5, 0.6) is 5.75 Å². The van der Waals surface area contributed by atoms with E-state index in [1.165, 1.54) is 10.6 Å². The van der Waals surface area contributed by atoms with Crippen molar-refractivity contribution in [3.63, 3.8) is 0 Å². The molecule has 2 N–H and O–H groups in total. The van der Waals surface area contributed by atoms with Crippen LogP contribution in [-0.2, 0) is 6.42 Å². The molecule has 0 amide bonds. The minimum Gasteiger partial charge on any atom is -0.508 e. The van der Waals surface area contributed by atoms with Crippen molar-refractivity contribution >= 4 is 11.3 Å². The summed E-state index contributed by atoms with van der Waals surface area (Å²) in [5.74, 6) is 0.298. The SMILES string of the molecule is CCNC1CC(C)(C)Cc2nc(-c3ccc(O)cc3)sc21. The molecule has 1 atom stereocenters. The zero-order chi connectivity index (χ0) is 15.0. The first kappa shape index (κ1) is 14.5. The average molecular weight is 302 g/mol. The fourth-order valence-corrected chi connectivity index (χ4v) is 4.23. The molecule has 1 unspecified atom stereocenters. The highest BCUT2D eigenvalue weighted by molar-refractivity contribution is 7.15. The molecule has 0 radical (unpaired) electrons. The number of phenolic OH excluding ortho intramolecular Hbond substituents is 1. The van der Waals surface area contributed by atoms with E-state index < -0.39 is 0 Å². The van der Waals surface area contributed by atoms with Crippen molar-refractivity contribution in [2.24, 2.45) is 5.41 Å². The number of aromatic hydroxyl groups is 1. The van der Waals surface area contributed by atoms with Gasteiger partial charge in [0, 0.05) is 16.5 Å². The van der Waals surface area contributed by atoms with Gasteiger partial charge in [0.1, 0.15) is 10.8 Å². The van der Waals surface area contributed by atoms with Gasteiger partial charge in [-0.05, 0) is 49.1 Å². The molecule has 3 rings (SSSR count). The van der Waals surface area contributed by atoms with Gasteiger partial charge in [0.15, 0.2) is 0 Å². The summed E-state index contributed by atoms with van der Waals surface area (Å²) in [6.45, 7) is 7.77. The fraction of sp³-hybridized carbons (Fsp3) is 0.471. The molecule has 1 aliphatic rings. The molecule has 1 heterocycles. The van der Waals surface area contributed by atoms with Gasteiger partial charge < -0.3 is 10.4 Å². The number of thiazole rings is 1. The quantitative estimate of drug-likeness (QED) is 0.895. The number of rotatable bonds is 3. The standard InChI is InChI=1S/C17H22N2OS/c1-4-18-13-9-17(2,3)10-14-15(13)21-16(19-14)11-5-7-12(20)8-6-11/h5-8,13,18,20H,4,9-10H2,1-3H3. The molecule has 0 spiro atoms. The number of benzene rings is 1. The van der Waals surface area contributed by atoms with Gasteiger partial charge in [-0.15, -0.1) is 11.3 Å². The van der Waals surface area contributed by atoms with Crippen molar-refractivity contribution in [3.8, 4) is 16.3 Å². The lowest BCUT2D eigenvalue weighted by atomic mass is 9.76. The molecule has 0 saturated heterocycles. The topological polar surface area (TPSA) is 45.2 Å². The molecule has 0 saturated carbocycles. The Morgan fingerprint density at radius 2 is 2.05 bits per heavy atom. The van der Waals surface area contributed by atoms with Gasteiger partial charge in [-0.3, -0.25) is 0 Å². The number of nitrogens with zero attached hydrogens (tertiary/aromatic N) is 1. The van der Waals surface area contributed by atoms with Crippen LogP contribution in [0.4, 0.5) is 0 Å². The predicted octanol–water partition coefficient (Wildman–Crippen LogP) is 4.14. The van der Waals surface area contributed by atoms with Crippen LogP contribution < -0.4 is 5.32 Å². The van der Waals surface area contributed by atoms with Gasteiger partial charge in [-0.1, -0.05) is 20.8 Å². The van der Waals surface area contributed by atoms with Crippen LogP contribution in [0.1, 0.15) is 43.8 Å². The summed E-state index contributed by atoms with van der Waals surface area (Å²) < 4.78 is 0. The van der Waals surface area contributed by atoms with Crippen LogP contribution in [0.15, 0.2) is 24.3 Å². The number of phenols is 1. The normalized spacial score (nSPS) is 20.2. The highest BCUT2D eigenvalue weighted by Gasteiger charge is 2.34. The number of hydrogen-bond acceptors (Lipinski definition) is 4. The van der Waals surface area contributed by atoms with Crippen LogP contribution >= 0.6 is 11.3 Å².